The summed E-state index contributed by atoms with van der Waals surface area (Å²) in [6.45, 7) is 2.47. The predicted octanol–water partition coefficient (Wildman–Crippen LogP) is 3.31. The summed E-state index contributed by atoms with van der Waals surface area (Å²) < 4.78 is 10.1. The van der Waals surface area contributed by atoms with Gasteiger partial charge in [0, 0.05) is 11.4 Å². The van der Waals surface area contributed by atoms with Crippen LogP contribution in [0, 0.1) is 0 Å². The van der Waals surface area contributed by atoms with Crippen LogP contribution in [0.15, 0.2) is 48.5 Å². The third kappa shape index (κ3) is 5.84. The van der Waals surface area contributed by atoms with E-state index in [-0.39, 0.29) is 18.4 Å². The fourth-order valence-corrected chi connectivity index (χ4v) is 2.06. The summed E-state index contributed by atoms with van der Waals surface area (Å²) in [5.74, 6) is 0.214. The molecule has 0 fully saturated rings. The lowest BCUT2D eigenvalue weighted by Gasteiger charge is -2.09. The smallest absolute Gasteiger partial charge is 0.338 e. The number of hydrogen-bond donors (Lipinski definition) is 2. The van der Waals surface area contributed by atoms with E-state index in [0.29, 0.717) is 17.9 Å². The molecule has 0 aliphatic rings. The summed E-state index contributed by atoms with van der Waals surface area (Å²) in [5, 5.41) is 5.79. The molecule has 6 nitrogen and oxygen atoms in total. The van der Waals surface area contributed by atoms with E-state index in [1.54, 1.807) is 31.4 Å². The number of nitrogens with one attached hydrogen (secondary N) is 2. The van der Waals surface area contributed by atoms with Crippen molar-refractivity contribution in [2.45, 2.75) is 13.3 Å². The third-order valence-corrected chi connectivity index (χ3v) is 3.38. The fourth-order valence-electron chi connectivity index (χ4n) is 2.06. The molecule has 0 saturated carbocycles. The zero-order chi connectivity index (χ0) is 18.1. The van der Waals surface area contributed by atoms with Crippen molar-refractivity contribution in [2.24, 2.45) is 0 Å². The van der Waals surface area contributed by atoms with Gasteiger partial charge in [-0.25, -0.2) is 4.79 Å². The van der Waals surface area contributed by atoms with Gasteiger partial charge in [-0.3, -0.25) is 4.79 Å². The molecule has 0 atom stereocenters. The maximum atomic E-state index is 12.0. The number of carbonyl (C=O) groups is 2. The number of methoxy groups -OCH3 is 1. The molecule has 0 heterocycles. The Morgan fingerprint density at radius 1 is 0.960 bits per heavy atom. The van der Waals surface area contributed by atoms with Crippen LogP contribution in [0.4, 0.5) is 11.4 Å². The Bertz CT molecular complexity index is 696. The molecule has 2 rings (SSSR count). The quantitative estimate of drug-likeness (QED) is 0.720. The van der Waals surface area contributed by atoms with E-state index >= 15 is 0 Å². The molecule has 2 aromatic rings. The predicted molar refractivity (Wildman–Crippen MR) is 97.1 cm³/mol. The van der Waals surface area contributed by atoms with Gasteiger partial charge in [0.05, 0.1) is 25.8 Å². The van der Waals surface area contributed by atoms with Crippen molar-refractivity contribution in [3.05, 3.63) is 54.1 Å². The van der Waals surface area contributed by atoms with E-state index in [4.69, 9.17) is 9.47 Å². The molecule has 25 heavy (non-hydrogen) atoms. The first kappa shape index (κ1) is 18.3. The average Bonchev–Trinajstić information content (AvgIpc) is 2.65. The minimum absolute atomic E-state index is 0.132. The lowest BCUT2D eigenvalue weighted by Crippen LogP contribution is -2.21. The molecule has 0 unspecified atom stereocenters. The van der Waals surface area contributed by atoms with Crippen molar-refractivity contribution in [2.75, 3.05) is 30.9 Å². The highest BCUT2D eigenvalue weighted by atomic mass is 16.5. The summed E-state index contributed by atoms with van der Waals surface area (Å²) >= 11 is 0. The maximum absolute atomic E-state index is 12.0. The number of carbonyl (C=O) groups excluding carboxylic acids is 2. The van der Waals surface area contributed by atoms with Crippen LogP contribution in [0.3, 0.4) is 0 Å². The molecule has 6 heteroatoms. The summed E-state index contributed by atoms with van der Waals surface area (Å²) in [7, 11) is 1.60. The number of rotatable bonds is 8. The van der Waals surface area contributed by atoms with Crippen molar-refractivity contribution >= 4 is 23.3 Å². The van der Waals surface area contributed by atoms with E-state index in [1.807, 2.05) is 31.2 Å². The second kappa shape index (κ2) is 9.32. The van der Waals surface area contributed by atoms with Gasteiger partial charge in [-0.05, 0) is 55.0 Å². The molecule has 0 saturated heterocycles. The van der Waals surface area contributed by atoms with Gasteiger partial charge in [-0.2, -0.15) is 0 Å². The number of anilines is 2. The Kier molecular flexibility index (Phi) is 6.83. The van der Waals surface area contributed by atoms with Crippen LogP contribution in [0.1, 0.15) is 23.7 Å². The van der Waals surface area contributed by atoms with Crippen LogP contribution in [-0.4, -0.2) is 32.1 Å². The second-order valence-electron chi connectivity index (χ2n) is 5.34. The molecule has 1 amide bonds. The average molecular weight is 342 g/mol. The maximum Gasteiger partial charge on any atom is 0.338 e. The topological polar surface area (TPSA) is 76.7 Å². The van der Waals surface area contributed by atoms with Gasteiger partial charge in [-0.1, -0.05) is 6.92 Å². The Morgan fingerprint density at radius 3 is 2.20 bits per heavy atom. The number of hydrogen-bond acceptors (Lipinski definition) is 5. The van der Waals surface area contributed by atoms with Crippen LogP contribution in [0.2, 0.25) is 0 Å². The van der Waals surface area contributed by atoms with Gasteiger partial charge in [0.2, 0.25) is 5.91 Å². The van der Waals surface area contributed by atoms with E-state index < -0.39 is 0 Å². The van der Waals surface area contributed by atoms with Crippen molar-refractivity contribution in [1.82, 2.24) is 0 Å². The molecule has 0 spiro atoms. The van der Waals surface area contributed by atoms with Crippen molar-refractivity contribution < 1.29 is 19.1 Å². The lowest BCUT2D eigenvalue weighted by molar-refractivity contribution is -0.114. The fraction of sp³-hybridized carbons (Fsp3) is 0.263. The van der Waals surface area contributed by atoms with Crippen molar-refractivity contribution in [1.29, 1.82) is 0 Å². The van der Waals surface area contributed by atoms with Crippen LogP contribution in [0.25, 0.3) is 0 Å². The van der Waals surface area contributed by atoms with E-state index in [1.165, 1.54) is 0 Å². The first-order valence-electron chi connectivity index (χ1n) is 8.07. The Morgan fingerprint density at radius 2 is 1.60 bits per heavy atom. The molecule has 2 aromatic carbocycles. The highest BCUT2D eigenvalue weighted by Crippen LogP contribution is 2.15. The van der Waals surface area contributed by atoms with Gasteiger partial charge in [-0.15, -0.1) is 0 Å². The Balaban J connectivity index is 1.82. The molecule has 0 aromatic heterocycles. The van der Waals surface area contributed by atoms with E-state index in [0.717, 1.165) is 17.9 Å². The molecule has 0 aliphatic heterocycles. The number of benzene rings is 2. The minimum Gasteiger partial charge on any atom is -0.497 e. The van der Waals surface area contributed by atoms with Gasteiger partial charge >= 0.3 is 5.97 Å². The molecule has 2 N–H and O–H groups in total. The third-order valence-electron chi connectivity index (χ3n) is 3.38. The SMILES string of the molecule is CCCOC(=O)c1ccc(NC(=O)CNc2ccc(OC)cc2)cc1. The molecule has 132 valence electrons. The molecule has 0 bridgehead atoms. The standard InChI is InChI=1S/C19H22N2O4/c1-3-12-25-19(23)14-4-6-16(7-5-14)21-18(22)13-20-15-8-10-17(24-2)11-9-15/h4-11,20H,3,12-13H2,1-2H3,(H,21,22). The molecular formula is C19H22N2O4. The van der Waals surface area contributed by atoms with Gasteiger partial charge in [0.1, 0.15) is 5.75 Å². The largest absolute Gasteiger partial charge is 0.497 e. The van der Waals surface area contributed by atoms with Crippen LogP contribution in [-0.2, 0) is 9.53 Å². The van der Waals surface area contributed by atoms with Crippen LogP contribution < -0.4 is 15.4 Å². The zero-order valence-corrected chi connectivity index (χ0v) is 14.4. The van der Waals surface area contributed by atoms with Crippen molar-refractivity contribution in [3.63, 3.8) is 0 Å². The number of esters is 1. The lowest BCUT2D eigenvalue weighted by atomic mass is 10.2. The normalized spacial score (nSPS) is 10.0. The molecular weight excluding hydrogens is 320 g/mol. The summed E-state index contributed by atoms with van der Waals surface area (Å²) in [6.07, 6.45) is 0.779. The Labute approximate surface area is 147 Å². The number of ether oxygens (including phenoxy) is 2. The van der Waals surface area contributed by atoms with Gasteiger partial charge in [0.15, 0.2) is 0 Å². The number of amides is 1. The molecule has 0 aliphatic carbocycles. The van der Waals surface area contributed by atoms with Crippen LogP contribution >= 0.6 is 0 Å². The summed E-state index contributed by atoms with van der Waals surface area (Å²) in [5.41, 5.74) is 1.90. The first-order chi connectivity index (χ1) is 12.1. The monoisotopic (exact) mass is 342 g/mol. The Hall–Kier alpha value is -3.02. The van der Waals surface area contributed by atoms with E-state index in [9.17, 15) is 9.59 Å². The van der Waals surface area contributed by atoms with Gasteiger partial charge in [0.25, 0.3) is 0 Å². The first-order valence-corrected chi connectivity index (χ1v) is 8.07. The van der Waals surface area contributed by atoms with Crippen molar-refractivity contribution in [3.8, 4) is 5.75 Å². The zero-order valence-electron chi connectivity index (χ0n) is 14.4. The summed E-state index contributed by atoms with van der Waals surface area (Å²) in [4.78, 5) is 23.7. The molecule has 0 radical (unpaired) electrons. The second-order valence-corrected chi connectivity index (χ2v) is 5.34. The van der Waals surface area contributed by atoms with Gasteiger partial charge < -0.3 is 20.1 Å². The highest BCUT2D eigenvalue weighted by Gasteiger charge is 2.07. The van der Waals surface area contributed by atoms with E-state index in [2.05, 4.69) is 10.6 Å². The summed E-state index contributed by atoms with van der Waals surface area (Å²) in [6, 6.07) is 13.9. The van der Waals surface area contributed by atoms with Crippen LogP contribution in [0.5, 0.6) is 5.75 Å². The minimum atomic E-state index is -0.360. The highest BCUT2D eigenvalue weighted by molar-refractivity contribution is 5.95.